The summed E-state index contributed by atoms with van der Waals surface area (Å²) in [6, 6.07) is 0. The highest BCUT2D eigenvalue weighted by molar-refractivity contribution is 7.84. The average Bonchev–Trinajstić information content (AvgIpc) is 3.15. The van der Waals surface area contributed by atoms with Crippen molar-refractivity contribution in [1.29, 1.82) is 0 Å². The number of rotatable bonds is 6. The lowest BCUT2D eigenvalue weighted by Crippen LogP contribution is -2.47. The molecule has 30 heavy (non-hydrogen) atoms. The first-order valence-corrected chi connectivity index (χ1v) is 14.0. The van der Waals surface area contributed by atoms with E-state index in [4.69, 9.17) is 24.2 Å². The van der Waals surface area contributed by atoms with Gasteiger partial charge >= 0.3 is 10.3 Å². The third kappa shape index (κ3) is 4.50. The summed E-state index contributed by atoms with van der Waals surface area (Å²) in [5.74, 6) is 0.0864. The lowest BCUT2D eigenvalue weighted by atomic mass is 10.0. The Morgan fingerprint density at radius 2 is 1.93 bits per heavy atom. The summed E-state index contributed by atoms with van der Waals surface area (Å²) in [7, 11) is -6.28. The van der Waals surface area contributed by atoms with Crippen LogP contribution in [-0.2, 0) is 23.7 Å². The van der Waals surface area contributed by atoms with E-state index in [-0.39, 0.29) is 29.5 Å². The van der Waals surface area contributed by atoms with Crippen molar-refractivity contribution in [2.45, 2.75) is 64.3 Å². The van der Waals surface area contributed by atoms with Crippen LogP contribution in [0.2, 0.25) is 18.1 Å². The number of nitrogens with two attached hydrogens (primary N) is 2. The molecule has 0 radical (unpaired) electrons. The minimum atomic E-state index is -4.09. The van der Waals surface area contributed by atoms with Gasteiger partial charge in [-0.3, -0.25) is 8.75 Å². The zero-order chi connectivity index (χ0) is 22.5. The van der Waals surface area contributed by atoms with Crippen LogP contribution in [0.25, 0.3) is 11.2 Å². The Balaban J connectivity index is 1.99. The normalized spacial score (nSPS) is 25.8. The van der Waals surface area contributed by atoms with Gasteiger partial charge in [0, 0.05) is 5.92 Å². The van der Waals surface area contributed by atoms with Crippen LogP contribution in [0, 0.1) is 5.92 Å². The quantitative estimate of drug-likeness (QED) is 0.613. The molecule has 1 aliphatic rings. The average molecular weight is 459 g/mol. The van der Waals surface area contributed by atoms with E-state index in [1.807, 2.05) is 6.92 Å². The maximum Gasteiger partial charge on any atom is 0.333 e. The Labute approximate surface area is 177 Å². The number of anilines is 1. The summed E-state index contributed by atoms with van der Waals surface area (Å²) in [4.78, 5) is 12.6. The van der Waals surface area contributed by atoms with Gasteiger partial charge in [0.05, 0.1) is 25.1 Å². The molecule has 168 valence electrons. The Morgan fingerprint density at radius 1 is 1.27 bits per heavy atom. The van der Waals surface area contributed by atoms with Gasteiger partial charge in [0.2, 0.25) is 0 Å². The molecule has 0 saturated carbocycles. The highest BCUT2D eigenvalue weighted by atomic mass is 32.2. The lowest BCUT2D eigenvalue weighted by molar-refractivity contribution is -0.0428. The van der Waals surface area contributed by atoms with Gasteiger partial charge in [-0.2, -0.15) is 8.42 Å². The first-order chi connectivity index (χ1) is 13.7. The van der Waals surface area contributed by atoms with Crippen molar-refractivity contribution in [2.24, 2.45) is 11.1 Å². The molecule has 4 N–H and O–H groups in total. The topological polar surface area (TPSA) is 157 Å². The molecule has 0 bridgehead atoms. The second kappa shape index (κ2) is 7.80. The van der Waals surface area contributed by atoms with Crippen LogP contribution < -0.4 is 10.9 Å². The molecule has 11 nitrogen and oxygen atoms in total. The number of hydrogen-bond acceptors (Lipinski definition) is 9. The largest absolute Gasteiger partial charge is 0.409 e. The molecule has 0 aliphatic carbocycles. The molecule has 0 aromatic carbocycles. The summed E-state index contributed by atoms with van der Waals surface area (Å²) in [6.45, 7) is 12.5. The van der Waals surface area contributed by atoms with Crippen molar-refractivity contribution in [2.75, 3.05) is 12.3 Å². The van der Waals surface area contributed by atoms with Crippen molar-refractivity contribution in [3.8, 4) is 0 Å². The molecule has 0 unspecified atom stereocenters. The fourth-order valence-electron chi connectivity index (χ4n) is 3.17. The predicted octanol–water partition coefficient (Wildman–Crippen LogP) is 1.55. The van der Waals surface area contributed by atoms with E-state index in [9.17, 15) is 8.42 Å². The van der Waals surface area contributed by atoms with Crippen molar-refractivity contribution in [3.63, 3.8) is 0 Å². The van der Waals surface area contributed by atoms with Crippen LogP contribution in [-0.4, -0.2) is 55.1 Å². The van der Waals surface area contributed by atoms with Crippen LogP contribution in [0.1, 0.15) is 33.9 Å². The molecular formula is C17H30N6O5SSi. The summed E-state index contributed by atoms with van der Waals surface area (Å²) in [5, 5.41) is 4.97. The molecule has 2 aromatic rings. The molecule has 13 heteroatoms. The summed E-state index contributed by atoms with van der Waals surface area (Å²) in [5.41, 5.74) is 6.89. The van der Waals surface area contributed by atoms with Crippen molar-refractivity contribution < 1.29 is 21.8 Å². The van der Waals surface area contributed by atoms with E-state index in [1.54, 1.807) is 10.9 Å². The van der Waals surface area contributed by atoms with Crippen LogP contribution in [0.5, 0.6) is 0 Å². The predicted molar refractivity (Wildman–Crippen MR) is 114 cm³/mol. The molecule has 0 amide bonds. The van der Waals surface area contributed by atoms with Gasteiger partial charge in [-0.1, -0.05) is 27.7 Å². The number of ether oxygens (including phenoxy) is 1. The highest BCUT2D eigenvalue weighted by Gasteiger charge is 2.49. The minimum Gasteiger partial charge on any atom is -0.409 e. The molecule has 2 aromatic heterocycles. The molecule has 0 spiro atoms. The fourth-order valence-corrected chi connectivity index (χ4v) is 4.86. The minimum absolute atomic E-state index is 0.0317. The molecule has 1 fully saturated rings. The van der Waals surface area contributed by atoms with Gasteiger partial charge in [0.15, 0.2) is 26.0 Å². The van der Waals surface area contributed by atoms with Crippen LogP contribution in [0.4, 0.5) is 5.82 Å². The van der Waals surface area contributed by atoms with Gasteiger partial charge in [0.1, 0.15) is 11.8 Å². The highest BCUT2D eigenvalue weighted by Crippen LogP contribution is 2.44. The van der Waals surface area contributed by atoms with E-state index in [0.717, 1.165) is 0 Å². The lowest BCUT2D eigenvalue weighted by Gasteiger charge is -2.40. The van der Waals surface area contributed by atoms with Crippen molar-refractivity contribution in [1.82, 2.24) is 19.5 Å². The SMILES string of the molecule is C[C@H]1[C@@H](O[Si](C)(C)C(C)(C)C)[C@H](n2cnc3c(N)ncnc32)O[C@@H]1COS(N)(=O)=O. The van der Waals surface area contributed by atoms with Gasteiger partial charge in [-0.25, -0.2) is 20.1 Å². The summed E-state index contributed by atoms with van der Waals surface area (Å²) < 4.78 is 42.1. The number of nitrogen functional groups attached to an aromatic ring is 1. The molecule has 3 rings (SSSR count). The first-order valence-electron chi connectivity index (χ1n) is 9.65. The molecule has 1 aliphatic heterocycles. The van der Waals surface area contributed by atoms with Crippen LogP contribution >= 0.6 is 0 Å². The Kier molecular flexibility index (Phi) is 5.99. The van der Waals surface area contributed by atoms with Crippen LogP contribution in [0.15, 0.2) is 12.7 Å². The standard InChI is InChI=1S/C17H30N6O5SSi/c1-10-11(7-26-29(19,24)25)27-16(13(10)28-30(5,6)17(2,3)4)23-9-22-12-14(18)20-8-21-15(12)23/h8-11,13,16H,7H2,1-6H3,(H2,18,20,21)(H2,19,24,25)/t10-,11-,13-,16-/m1/s1. The summed E-state index contributed by atoms with van der Waals surface area (Å²) in [6.07, 6.45) is 1.41. The maximum atomic E-state index is 11.3. The molecular weight excluding hydrogens is 428 g/mol. The second-order valence-corrected chi connectivity index (χ2v) is 15.1. The van der Waals surface area contributed by atoms with Gasteiger partial charge in [-0.05, 0) is 18.1 Å². The molecule has 1 saturated heterocycles. The zero-order valence-electron chi connectivity index (χ0n) is 18.1. The van der Waals surface area contributed by atoms with E-state index >= 15 is 0 Å². The monoisotopic (exact) mass is 458 g/mol. The third-order valence-corrected chi connectivity index (χ3v) is 10.9. The number of fused-ring (bicyclic) bond motifs is 1. The number of aromatic nitrogens is 4. The Hall–Kier alpha value is -1.64. The van der Waals surface area contributed by atoms with E-state index in [0.29, 0.717) is 11.2 Å². The maximum absolute atomic E-state index is 11.3. The van der Waals surface area contributed by atoms with Gasteiger partial charge in [0.25, 0.3) is 0 Å². The smallest absolute Gasteiger partial charge is 0.333 e. The van der Waals surface area contributed by atoms with Gasteiger partial charge < -0.3 is 14.9 Å². The van der Waals surface area contributed by atoms with Crippen molar-refractivity contribution in [3.05, 3.63) is 12.7 Å². The number of imidazole rings is 1. The first kappa shape index (κ1) is 23.0. The Morgan fingerprint density at radius 3 is 2.53 bits per heavy atom. The number of hydrogen-bond donors (Lipinski definition) is 2. The van der Waals surface area contributed by atoms with E-state index in [1.165, 1.54) is 6.33 Å². The second-order valence-electron chi connectivity index (χ2n) is 9.13. The zero-order valence-corrected chi connectivity index (χ0v) is 19.9. The van der Waals surface area contributed by atoms with E-state index < -0.39 is 31.0 Å². The molecule has 3 heterocycles. The van der Waals surface area contributed by atoms with Crippen LogP contribution in [0.3, 0.4) is 0 Å². The Bertz CT molecular complexity index is 1020. The fraction of sp³-hybridized carbons (Fsp3) is 0.706. The number of nitrogens with zero attached hydrogens (tertiary/aromatic N) is 4. The van der Waals surface area contributed by atoms with E-state index in [2.05, 4.69) is 48.8 Å². The third-order valence-electron chi connectivity index (χ3n) is 5.99. The summed E-state index contributed by atoms with van der Waals surface area (Å²) >= 11 is 0. The molecule has 4 atom stereocenters. The van der Waals surface area contributed by atoms with Crippen molar-refractivity contribution >= 4 is 35.6 Å². The van der Waals surface area contributed by atoms with Gasteiger partial charge in [-0.15, -0.1) is 0 Å².